The van der Waals surface area contributed by atoms with Crippen LogP contribution in [0.5, 0.6) is 0 Å². The summed E-state index contributed by atoms with van der Waals surface area (Å²) >= 11 is 0. The van der Waals surface area contributed by atoms with Crippen molar-refractivity contribution in [2.75, 3.05) is 0 Å². The predicted molar refractivity (Wildman–Crippen MR) is 103 cm³/mol. The Morgan fingerprint density at radius 3 is 2.66 bits per heavy atom. The minimum absolute atomic E-state index is 0.150. The zero-order valence-corrected chi connectivity index (χ0v) is 16.8. The van der Waals surface area contributed by atoms with Gasteiger partial charge in [0.2, 0.25) is 5.91 Å². The minimum Gasteiger partial charge on any atom is -0.390 e. The van der Waals surface area contributed by atoms with Crippen LogP contribution in [0.1, 0.15) is 58.3 Å². The Morgan fingerprint density at radius 1 is 1.21 bits per heavy atom. The maximum absolute atomic E-state index is 12.4. The molecule has 1 aliphatic heterocycles. The molecule has 0 aromatic heterocycles. The summed E-state index contributed by atoms with van der Waals surface area (Å²) in [7, 11) is 0. The first-order valence-electron chi connectivity index (χ1n) is 10.6. The highest BCUT2D eigenvalue weighted by Crippen LogP contribution is 2.50. The van der Waals surface area contributed by atoms with Gasteiger partial charge in [0.25, 0.3) is 0 Å². The molecule has 2 bridgehead atoms. The molecular formula is C21H31NO7. The van der Waals surface area contributed by atoms with Crippen molar-refractivity contribution in [3.05, 3.63) is 12.2 Å². The smallest absolute Gasteiger partial charge is 0.243 e. The van der Waals surface area contributed by atoms with E-state index >= 15 is 0 Å². The molecule has 8 heteroatoms. The lowest BCUT2D eigenvalue weighted by Gasteiger charge is -2.46. The maximum atomic E-state index is 12.4. The van der Waals surface area contributed by atoms with Crippen LogP contribution in [-0.4, -0.2) is 68.9 Å². The number of aliphatic hydroxyl groups is 3. The second kappa shape index (κ2) is 9.04. The van der Waals surface area contributed by atoms with Crippen LogP contribution in [0.3, 0.4) is 0 Å². The van der Waals surface area contributed by atoms with E-state index in [1.807, 2.05) is 0 Å². The molecule has 3 fully saturated rings. The second-order valence-corrected chi connectivity index (χ2v) is 8.43. The Morgan fingerprint density at radius 2 is 1.93 bits per heavy atom. The number of rotatable bonds is 10. The lowest BCUT2D eigenvalue weighted by atomic mass is 9.64. The van der Waals surface area contributed by atoms with Crippen LogP contribution in [0.2, 0.25) is 0 Å². The second-order valence-electron chi connectivity index (χ2n) is 8.43. The van der Waals surface area contributed by atoms with E-state index in [4.69, 9.17) is 4.74 Å². The summed E-state index contributed by atoms with van der Waals surface area (Å²) in [6, 6.07) is -0.861. The van der Waals surface area contributed by atoms with E-state index < -0.39 is 53.7 Å². The van der Waals surface area contributed by atoms with E-state index in [1.165, 1.54) is 6.08 Å². The Labute approximate surface area is 170 Å². The fraction of sp³-hybridized carbons (Fsp3) is 0.762. The summed E-state index contributed by atoms with van der Waals surface area (Å²) < 4.78 is 5.23. The van der Waals surface area contributed by atoms with Crippen molar-refractivity contribution < 1.29 is 34.4 Å². The van der Waals surface area contributed by atoms with Crippen molar-refractivity contribution >= 4 is 17.5 Å². The number of Topliss-reactive ketones (excluding diaryl/α,β-unsaturated/α-hetero) is 2. The van der Waals surface area contributed by atoms with Gasteiger partial charge in [0.15, 0.2) is 11.4 Å². The van der Waals surface area contributed by atoms with E-state index in [9.17, 15) is 29.7 Å². The molecule has 29 heavy (non-hydrogen) atoms. The van der Waals surface area contributed by atoms with Crippen LogP contribution < -0.4 is 5.32 Å². The topological polar surface area (TPSA) is 136 Å². The SMILES string of the molecule is CCCCCC(=O)CCC/C=C/C(=O)N[C@H]1C[C@@]2(O)C(=O)[C@H]([C@H](O)[C@@H]3O[C@@H]32)[C@H]1O. The van der Waals surface area contributed by atoms with Gasteiger partial charge in [-0.25, -0.2) is 0 Å². The standard InChI is InChI=1S/C21H31NO7/c1-2-3-5-8-12(23)9-6-4-7-10-14(24)22-13-11-21(28)19(27)15(16(13)25)17(26)18-20(21)29-18/h7,10,13,15-18,20,25-26,28H,2-6,8-9,11H2,1H3,(H,22,24)/b10-7+/t13-,15-,16-,17-,18-,20-,21+/m0/s1. The van der Waals surface area contributed by atoms with E-state index in [0.717, 1.165) is 19.3 Å². The van der Waals surface area contributed by atoms with Crippen molar-refractivity contribution in [1.29, 1.82) is 0 Å². The number of carbonyl (C=O) groups excluding carboxylic acids is 3. The largest absolute Gasteiger partial charge is 0.390 e. The molecule has 4 N–H and O–H groups in total. The van der Waals surface area contributed by atoms with Gasteiger partial charge in [-0.15, -0.1) is 0 Å². The first-order chi connectivity index (χ1) is 13.8. The van der Waals surface area contributed by atoms with Gasteiger partial charge in [-0.1, -0.05) is 25.8 Å². The first kappa shape index (κ1) is 22.1. The number of ether oxygens (including phenoxy) is 1. The Hall–Kier alpha value is -1.61. The summed E-state index contributed by atoms with van der Waals surface area (Å²) in [6.45, 7) is 2.09. The number of allylic oxidation sites excluding steroid dienone is 1. The molecule has 7 atom stereocenters. The predicted octanol–water partition coefficient (Wildman–Crippen LogP) is 0.170. The van der Waals surface area contributed by atoms with Crippen molar-refractivity contribution in [3.63, 3.8) is 0 Å². The summed E-state index contributed by atoms with van der Waals surface area (Å²) in [5.74, 6) is -2.02. The zero-order chi connectivity index (χ0) is 21.2. The van der Waals surface area contributed by atoms with Gasteiger partial charge in [0, 0.05) is 19.3 Å². The average Bonchev–Trinajstić information content (AvgIpc) is 3.47. The van der Waals surface area contributed by atoms with Crippen molar-refractivity contribution in [3.8, 4) is 0 Å². The van der Waals surface area contributed by atoms with Gasteiger partial charge in [0.05, 0.1) is 24.2 Å². The number of unbranched alkanes of at least 4 members (excludes halogenated alkanes) is 3. The third kappa shape index (κ3) is 4.60. The molecular weight excluding hydrogens is 378 g/mol. The summed E-state index contributed by atoms with van der Waals surface area (Å²) in [5.41, 5.74) is -1.78. The van der Waals surface area contributed by atoms with Gasteiger partial charge in [-0.3, -0.25) is 14.4 Å². The normalized spacial score (nSPS) is 38.0. The number of hydrogen-bond donors (Lipinski definition) is 4. The average molecular weight is 409 g/mol. The molecule has 0 unspecified atom stereocenters. The van der Waals surface area contributed by atoms with Gasteiger partial charge in [-0.05, 0) is 25.3 Å². The van der Waals surface area contributed by atoms with Crippen molar-refractivity contribution in [1.82, 2.24) is 5.32 Å². The van der Waals surface area contributed by atoms with Crippen molar-refractivity contribution in [2.45, 2.75) is 94.3 Å². The summed E-state index contributed by atoms with van der Waals surface area (Å²) in [5, 5.41) is 33.9. The Kier molecular flexibility index (Phi) is 6.88. The molecule has 1 heterocycles. The van der Waals surface area contributed by atoms with Gasteiger partial charge >= 0.3 is 0 Å². The number of aliphatic hydroxyl groups excluding tert-OH is 2. The third-order valence-electron chi connectivity index (χ3n) is 6.22. The molecule has 162 valence electrons. The molecule has 2 saturated carbocycles. The van der Waals surface area contributed by atoms with Gasteiger partial charge in [-0.2, -0.15) is 0 Å². The quantitative estimate of drug-likeness (QED) is 0.229. The minimum atomic E-state index is -1.78. The first-order valence-corrected chi connectivity index (χ1v) is 10.6. The number of fused-ring (bicyclic) bond motifs is 4. The highest BCUT2D eigenvalue weighted by molar-refractivity contribution is 5.95. The van der Waals surface area contributed by atoms with E-state index in [0.29, 0.717) is 25.7 Å². The van der Waals surface area contributed by atoms with E-state index in [1.54, 1.807) is 6.08 Å². The molecule has 0 aromatic rings. The third-order valence-corrected chi connectivity index (χ3v) is 6.22. The number of nitrogens with one attached hydrogen (secondary N) is 1. The maximum Gasteiger partial charge on any atom is 0.243 e. The summed E-state index contributed by atoms with van der Waals surface area (Å²) in [6.07, 6.45) is 4.38. The highest BCUT2D eigenvalue weighted by Gasteiger charge is 2.72. The Balaban J connectivity index is 1.44. The lowest BCUT2D eigenvalue weighted by molar-refractivity contribution is -0.171. The lowest BCUT2D eigenvalue weighted by Crippen LogP contribution is -2.69. The number of hydrogen-bond acceptors (Lipinski definition) is 7. The van der Waals surface area contributed by atoms with Crippen molar-refractivity contribution in [2.24, 2.45) is 5.92 Å². The zero-order valence-electron chi connectivity index (χ0n) is 16.8. The van der Waals surface area contributed by atoms with Crippen LogP contribution in [0.15, 0.2) is 12.2 Å². The van der Waals surface area contributed by atoms with Crippen LogP contribution in [0.4, 0.5) is 0 Å². The molecule has 1 saturated heterocycles. The van der Waals surface area contributed by atoms with E-state index in [-0.39, 0.29) is 12.2 Å². The molecule has 0 aromatic carbocycles. The summed E-state index contributed by atoms with van der Waals surface area (Å²) in [4.78, 5) is 36.3. The molecule has 3 rings (SSSR count). The molecule has 2 aliphatic carbocycles. The highest BCUT2D eigenvalue weighted by atomic mass is 16.6. The van der Waals surface area contributed by atoms with Gasteiger partial charge in [0.1, 0.15) is 18.0 Å². The van der Waals surface area contributed by atoms with Crippen LogP contribution in [-0.2, 0) is 19.1 Å². The molecule has 0 spiro atoms. The molecule has 1 amide bonds. The fourth-order valence-corrected chi connectivity index (χ4v) is 4.51. The fourth-order valence-electron chi connectivity index (χ4n) is 4.51. The van der Waals surface area contributed by atoms with E-state index in [2.05, 4.69) is 12.2 Å². The number of ketones is 2. The molecule has 0 radical (unpaired) electrons. The number of epoxide rings is 1. The van der Waals surface area contributed by atoms with Crippen LogP contribution in [0.25, 0.3) is 0 Å². The number of amides is 1. The number of carbonyl (C=O) groups is 3. The molecule has 8 nitrogen and oxygen atoms in total. The van der Waals surface area contributed by atoms with Crippen LogP contribution >= 0.6 is 0 Å². The monoisotopic (exact) mass is 409 g/mol. The Bertz CT molecular complexity index is 678. The van der Waals surface area contributed by atoms with Gasteiger partial charge < -0.3 is 25.4 Å². The molecule has 3 aliphatic rings. The van der Waals surface area contributed by atoms with Crippen LogP contribution in [0, 0.1) is 5.92 Å².